The van der Waals surface area contributed by atoms with E-state index in [1.807, 2.05) is 0 Å². The zero-order valence-electron chi connectivity index (χ0n) is 4.97. The summed E-state index contributed by atoms with van der Waals surface area (Å²) in [6.45, 7) is 3.34. The molecule has 2 unspecified atom stereocenters. The molecule has 8 heavy (non-hydrogen) atoms. The van der Waals surface area contributed by atoms with Crippen molar-refractivity contribution in [1.29, 1.82) is 0 Å². The Morgan fingerprint density at radius 1 is 1.50 bits per heavy atom. The largest absolute Gasteiger partial charge is 0.299 e. The van der Waals surface area contributed by atoms with Crippen LogP contribution in [-0.2, 0) is 4.84 Å². The molecular formula is C6H11NO. The summed E-state index contributed by atoms with van der Waals surface area (Å²) in [5.41, 5.74) is 0. The van der Waals surface area contributed by atoms with Crippen LogP contribution in [0.2, 0.25) is 0 Å². The van der Waals surface area contributed by atoms with Crippen molar-refractivity contribution in [2.24, 2.45) is 5.92 Å². The second kappa shape index (κ2) is 1.71. The maximum absolute atomic E-state index is 5.31. The van der Waals surface area contributed by atoms with E-state index in [1.165, 1.54) is 19.4 Å². The van der Waals surface area contributed by atoms with Crippen molar-refractivity contribution in [3.8, 4) is 0 Å². The molecule has 46 valence electrons. The first kappa shape index (κ1) is 4.77. The molecule has 2 atom stereocenters. The average Bonchev–Trinajstić information content (AvgIpc) is 2.12. The number of piperidine rings is 1. The highest BCUT2D eigenvalue weighted by Crippen LogP contribution is 2.22. The highest BCUT2D eigenvalue weighted by molar-refractivity contribution is 4.72. The molecule has 2 aliphatic heterocycles. The fraction of sp³-hybridized carbons (Fsp3) is 1.00. The van der Waals surface area contributed by atoms with Crippen molar-refractivity contribution >= 4 is 0 Å². The van der Waals surface area contributed by atoms with Crippen LogP contribution in [0.3, 0.4) is 0 Å². The molecule has 0 saturated carbocycles. The zero-order valence-corrected chi connectivity index (χ0v) is 4.97. The van der Waals surface area contributed by atoms with Gasteiger partial charge in [-0.15, -0.1) is 0 Å². The molecule has 0 spiro atoms. The van der Waals surface area contributed by atoms with Gasteiger partial charge in [-0.3, -0.25) is 4.84 Å². The van der Waals surface area contributed by atoms with Crippen LogP contribution in [0, 0.1) is 5.92 Å². The minimum atomic E-state index is 0.865. The van der Waals surface area contributed by atoms with Gasteiger partial charge < -0.3 is 0 Å². The lowest BCUT2D eigenvalue weighted by Gasteiger charge is -2.17. The lowest BCUT2D eigenvalue weighted by molar-refractivity contribution is -0.108. The Bertz CT molecular complexity index is 80.5. The fourth-order valence-electron chi connectivity index (χ4n) is 1.49. The Morgan fingerprint density at radius 2 is 2.50 bits per heavy atom. The summed E-state index contributed by atoms with van der Waals surface area (Å²) in [5, 5.41) is 2.09. The molecule has 0 aliphatic carbocycles. The van der Waals surface area contributed by atoms with Gasteiger partial charge in [0, 0.05) is 13.1 Å². The normalized spacial score (nSPS) is 45.0. The Morgan fingerprint density at radius 3 is 3.25 bits per heavy atom. The van der Waals surface area contributed by atoms with Crippen molar-refractivity contribution in [2.75, 3.05) is 19.7 Å². The fourth-order valence-corrected chi connectivity index (χ4v) is 1.49. The Labute approximate surface area is 49.4 Å². The predicted molar refractivity (Wildman–Crippen MR) is 30.2 cm³/mol. The van der Waals surface area contributed by atoms with E-state index in [9.17, 15) is 0 Å². The number of fused-ring (bicyclic) bond motifs is 2. The van der Waals surface area contributed by atoms with Crippen LogP contribution < -0.4 is 0 Å². The van der Waals surface area contributed by atoms with Gasteiger partial charge in [-0.2, -0.15) is 5.06 Å². The van der Waals surface area contributed by atoms with Crippen LogP contribution in [0.5, 0.6) is 0 Å². The van der Waals surface area contributed by atoms with Gasteiger partial charge in [0.2, 0.25) is 0 Å². The van der Waals surface area contributed by atoms with Gasteiger partial charge in [-0.1, -0.05) is 0 Å². The highest BCUT2D eigenvalue weighted by Gasteiger charge is 2.26. The van der Waals surface area contributed by atoms with Gasteiger partial charge in [-0.05, 0) is 18.8 Å². The first-order valence-electron chi connectivity index (χ1n) is 3.33. The molecule has 2 bridgehead atoms. The molecule has 2 aliphatic rings. The lowest BCUT2D eigenvalue weighted by Crippen LogP contribution is -2.24. The summed E-state index contributed by atoms with van der Waals surface area (Å²) in [5.74, 6) is 0.865. The van der Waals surface area contributed by atoms with Gasteiger partial charge in [0.25, 0.3) is 0 Å². The zero-order chi connectivity index (χ0) is 5.40. The molecule has 2 nitrogen and oxygen atoms in total. The quantitative estimate of drug-likeness (QED) is 0.457. The van der Waals surface area contributed by atoms with Crippen LogP contribution in [0.1, 0.15) is 12.8 Å². The summed E-state index contributed by atoms with van der Waals surface area (Å²) in [6.07, 6.45) is 2.72. The number of nitrogens with zero attached hydrogens (tertiary/aromatic N) is 1. The minimum Gasteiger partial charge on any atom is -0.299 e. The van der Waals surface area contributed by atoms with Gasteiger partial charge in [-0.25, -0.2) is 0 Å². The van der Waals surface area contributed by atoms with Crippen molar-refractivity contribution < 1.29 is 4.84 Å². The second-order valence-corrected chi connectivity index (χ2v) is 2.69. The van der Waals surface area contributed by atoms with Crippen molar-refractivity contribution in [3.63, 3.8) is 0 Å². The Kier molecular flexibility index (Phi) is 1.02. The summed E-state index contributed by atoms with van der Waals surface area (Å²) in [4.78, 5) is 5.31. The van der Waals surface area contributed by atoms with E-state index in [0.29, 0.717) is 0 Å². The van der Waals surface area contributed by atoms with E-state index >= 15 is 0 Å². The van der Waals surface area contributed by atoms with E-state index in [-0.39, 0.29) is 0 Å². The molecule has 2 fully saturated rings. The third kappa shape index (κ3) is 0.644. The van der Waals surface area contributed by atoms with Crippen LogP contribution in [-0.4, -0.2) is 24.8 Å². The third-order valence-corrected chi connectivity index (χ3v) is 1.97. The maximum atomic E-state index is 5.31. The molecule has 0 radical (unpaired) electrons. The number of hydroxylamine groups is 2. The smallest absolute Gasteiger partial charge is 0.0726 e. The molecule has 2 saturated heterocycles. The van der Waals surface area contributed by atoms with E-state index < -0.39 is 0 Å². The standard InChI is InChI=1S/C6H11NO/c1-2-6-4-7(3-1)8-5-6/h6H,1-5H2. The van der Waals surface area contributed by atoms with Gasteiger partial charge in [0.1, 0.15) is 0 Å². The van der Waals surface area contributed by atoms with Crippen molar-refractivity contribution in [3.05, 3.63) is 0 Å². The van der Waals surface area contributed by atoms with Crippen molar-refractivity contribution in [2.45, 2.75) is 12.8 Å². The topological polar surface area (TPSA) is 12.5 Å². The maximum Gasteiger partial charge on any atom is 0.0726 e. The summed E-state index contributed by atoms with van der Waals surface area (Å²) < 4.78 is 0. The molecule has 0 amide bonds. The van der Waals surface area contributed by atoms with E-state index in [4.69, 9.17) is 4.84 Å². The molecule has 0 aromatic rings. The molecule has 0 aromatic carbocycles. The molecule has 2 heterocycles. The molecule has 0 N–H and O–H groups in total. The van der Waals surface area contributed by atoms with Crippen molar-refractivity contribution in [1.82, 2.24) is 5.06 Å². The van der Waals surface area contributed by atoms with Crippen LogP contribution in [0.4, 0.5) is 0 Å². The van der Waals surface area contributed by atoms with Gasteiger partial charge >= 0.3 is 0 Å². The van der Waals surface area contributed by atoms with Crippen LogP contribution >= 0.6 is 0 Å². The van der Waals surface area contributed by atoms with E-state index in [2.05, 4.69) is 5.06 Å². The lowest BCUT2D eigenvalue weighted by atomic mass is 10.0. The first-order valence-corrected chi connectivity index (χ1v) is 3.33. The van der Waals surface area contributed by atoms with E-state index in [0.717, 1.165) is 19.1 Å². The minimum absolute atomic E-state index is 0.865. The average molecular weight is 113 g/mol. The number of hydrogen-bond donors (Lipinski definition) is 0. The Balaban J connectivity index is 2.03. The monoisotopic (exact) mass is 113 g/mol. The van der Waals surface area contributed by atoms with Crippen LogP contribution in [0.25, 0.3) is 0 Å². The number of hydrogen-bond acceptors (Lipinski definition) is 2. The summed E-state index contributed by atoms with van der Waals surface area (Å²) in [6, 6.07) is 0. The molecule has 2 heteroatoms. The molecule has 2 rings (SSSR count). The van der Waals surface area contributed by atoms with Gasteiger partial charge in [0.05, 0.1) is 6.61 Å². The highest BCUT2D eigenvalue weighted by atomic mass is 16.7. The van der Waals surface area contributed by atoms with Crippen LogP contribution in [0.15, 0.2) is 0 Å². The van der Waals surface area contributed by atoms with Gasteiger partial charge in [0.15, 0.2) is 0 Å². The molecule has 0 aromatic heterocycles. The van der Waals surface area contributed by atoms with E-state index in [1.54, 1.807) is 0 Å². The Hall–Kier alpha value is -0.0800. The first-order chi connectivity index (χ1) is 3.95. The summed E-state index contributed by atoms with van der Waals surface area (Å²) >= 11 is 0. The third-order valence-electron chi connectivity index (χ3n) is 1.97. The second-order valence-electron chi connectivity index (χ2n) is 2.69. The number of rotatable bonds is 0. The SMILES string of the molecule is C1CC2CON(C1)C2. The predicted octanol–water partition coefficient (Wildman–Crippen LogP) is 0.644. The molecular weight excluding hydrogens is 102 g/mol. The summed E-state index contributed by atoms with van der Waals surface area (Å²) in [7, 11) is 0.